The summed E-state index contributed by atoms with van der Waals surface area (Å²) in [5.41, 5.74) is 2.76. The van der Waals surface area contributed by atoms with Crippen molar-refractivity contribution in [3.05, 3.63) is 29.3 Å². The Labute approximate surface area is 124 Å². The Morgan fingerprint density at radius 2 is 2.10 bits per heavy atom. The number of hydrogen-bond acceptors (Lipinski definition) is 4. The van der Waals surface area contributed by atoms with Gasteiger partial charge in [0.15, 0.2) is 0 Å². The molecule has 0 saturated heterocycles. The summed E-state index contributed by atoms with van der Waals surface area (Å²) in [4.78, 5) is 0.259. The lowest BCUT2D eigenvalue weighted by Crippen LogP contribution is -2.13. The van der Waals surface area contributed by atoms with Gasteiger partial charge in [-0.15, -0.1) is 0 Å². The number of sulfonamides is 1. The summed E-state index contributed by atoms with van der Waals surface area (Å²) in [6.45, 7) is 6.85. The molecule has 0 spiro atoms. The third kappa shape index (κ3) is 3.11. The van der Waals surface area contributed by atoms with Gasteiger partial charge < -0.3 is 9.88 Å². The van der Waals surface area contributed by atoms with E-state index in [1.165, 1.54) is 0 Å². The number of H-pyrrole nitrogens is 1. The summed E-state index contributed by atoms with van der Waals surface area (Å²) >= 11 is 0. The highest BCUT2D eigenvalue weighted by Crippen LogP contribution is 2.22. The third-order valence-corrected chi connectivity index (χ3v) is 4.65. The zero-order chi connectivity index (χ0) is 15.6. The minimum Gasteiger partial charge on any atom is -0.349 e. The van der Waals surface area contributed by atoms with E-state index in [0.717, 1.165) is 12.2 Å². The van der Waals surface area contributed by atoms with Crippen molar-refractivity contribution in [1.29, 1.82) is 0 Å². The second-order valence-corrected chi connectivity index (χ2v) is 6.58. The van der Waals surface area contributed by atoms with E-state index in [1.54, 1.807) is 26.1 Å². The molecule has 21 heavy (non-hydrogen) atoms. The summed E-state index contributed by atoms with van der Waals surface area (Å²) in [5, 5.41) is 9.80. The molecule has 7 nitrogen and oxygen atoms in total. The van der Waals surface area contributed by atoms with Gasteiger partial charge in [-0.1, -0.05) is 0 Å². The Bertz CT molecular complexity index is 710. The summed E-state index contributed by atoms with van der Waals surface area (Å²) in [6.07, 6.45) is 1.65. The number of aryl methyl sites for hydroxylation is 3. The van der Waals surface area contributed by atoms with Crippen LogP contribution in [0.25, 0.3) is 0 Å². The smallest absolute Gasteiger partial charge is 0.263 e. The Morgan fingerprint density at radius 3 is 2.62 bits per heavy atom. The fraction of sp³-hybridized carbons (Fsp3) is 0.462. The Hall–Kier alpha value is -1.80. The molecule has 0 radical (unpaired) electrons. The first-order valence-corrected chi connectivity index (χ1v) is 8.25. The molecule has 0 aliphatic heterocycles. The van der Waals surface area contributed by atoms with Crippen molar-refractivity contribution in [3.63, 3.8) is 0 Å². The molecule has 0 aliphatic carbocycles. The van der Waals surface area contributed by atoms with Gasteiger partial charge in [-0.25, -0.2) is 8.42 Å². The van der Waals surface area contributed by atoms with Gasteiger partial charge in [0.1, 0.15) is 4.90 Å². The lowest BCUT2D eigenvalue weighted by atomic mass is 10.3. The maximum atomic E-state index is 12.5. The second-order valence-electron chi connectivity index (χ2n) is 4.90. The minimum atomic E-state index is -3.62. The summed E-state index contributed by atoms with van der Waals surface area (Å²) < 4.78 is 29.5. The molecular weight excluding hydrogens is 290 g/mol. The molecule has 0 aliphatic rings. The van der Waals surface area contributed by atoms with Crippen LogP contribution in [0.5, 0.6) is 0 Å². The largest absolute Gasteiger partial charge is 0.349 e. The van der Waals surface area contributed by atoms with Crippen molar-refractivity contribution < 1.29 is 8.42 Å². The molecule has 0 saturated carbocycles. The first kappa shape index (κ1) is 15.6. The lowest BCUT2D eigenvalue weighted by molar-refractivity contribution is 0.600. The average Bonchev–Trinajstić information content (AvgIpc) is 2.98. The van der Waals surface area contributed by atoms with Crippen LogP contribution in [0.3, 0.4) is 0 Å². The molecule has 0 bridgehead atoms. The first-order chi connectivity index (χ1) is 9.89. The van der Waals surface area contributed by atoms with Crippen molar-refractivity contribution in [1.82, 2.24) is 20.1 Å². The summed E-state index contributed by atoms with van der Waals surface area (Å²) in [6, 6.07) is 1.69. The first-order valence-electron chi connectivity index (χ1n) is 6.77. The molecule has 0 aromatic carbocycles. The predicted molar refractivity (Wildman–Crippen MR) is 81.7 cm³/mol. The normalized spacial score (nSPS) is 11.8. The molecule has 0 amide bonds. The van der Waals surface area contributed by atoms with Crippen molar-refractivity contribution in [3.8, 4) is 0 Å². The van der Waals surface area contributed by atoms with Gasteiger partial charge in [0.25, 0.3) is 10.0 Å². The topological polar surface area (TPSA) is 91.8 Å². The number of aromatic amines is 1. The van der Waals surface area contributed by atoms with Crippen molar-refractivity contribution in [2.24, 2.45) is 0 Å². The zero-order valence-corrected chi connectivity index (χ0v) is 13.5. The van der Waals surface area contributed by atoms with Gasteiger partial charge in [-0.3, -0.25) is 9.82 Å². The van der Waals surface area contributed by atoms with Crippen LogP contribution >= 0.6 is 0 Å². The number of hydrogen-bond donors (Lipinski definition) is 3. The molecule has 0 atom stereocenters. The van der Waals surface area contributed by atoms with E-state index in [0.29, 0.717) is 23.6 Å². The minimum absolute atomic E-state index is 0.259. The van der Waals surface area contributed by atoms with E-state index in [2.05, 4.69) is 20.2 Å². The number of aromatic nitrogens is 3. The molecule has 2 aromatic rings. The molecule has 8 heteroatoms. The van der Waals surface area contributed by atoms with Crippen LogP contribution in [-0.2, 0) is 23.1 Å². The molecule has 2 heterocycles. The second kappa shape index (κ2) is 5.90. The maximum absolute atomic E-state index is 12.5. The molecule has 2 rings (SSSR count). The monoisotopic (exact) mass is 311 g/mol. The van der Waals surface area contributed by atoms with Gasteiger partial charge in [0.05, 0.1) is 17.1 Å². The van der Waals surface area contributed by atoms with Crippen LogP contribution in [0.4, 0.5) is 5.69 Å². The molecule has 3 N–H and O–H groups in total. The Morgan fingerprint density at radius 1 is 1.38 bits per heavy atom. The standard InChI is InChI=1S/C13H21N5O2S/c1-5-18-8-12(6-11(18)7-14-4)21(19,20)17-13-9(2)15-16-10(13)3/h6,8,14,17H,5,7H2,1-4H3,(H,15,16). The molecule has 116 valence electrons. The molecule has 0 fully saturated rings. The van der Waals surface area contributed by atoms with Crippen LogP contribution in [0.15, 0.2) is 17.2 Å². The van der Waals surface area contributed by atoms with Crippen molar-refractivity contribution in [2.75, 3.05) is 11.8 Å². The summed E-state index contributed by atoms with van der Waals surface area (Å²) in [5.74, 6) is 0. The Balaban J connectivity index is 2.36. The highest BCUT2D eigenvalue weighted by molar-refractivity contribution is 7.92. The number of nitrogens with zero attached hydrogens (tertiary/aromatic N) is 2. The van der Waals surface area contributed by atoms with Gasteiger partial charge in [0, 0.05) is 25.0 Å². The van der Waals surface area contributed by atoms with E-state index in [9.17, 15) is 8.42 Å². The van der Waals surface area contributed by atoms with Gasteiger partial charge in [-0.2, -0.15) is 5.10 Å². The van der Waals surface area contributed by atoms with Gasteiger partial charge in [0.2, 0.25) is 0 Å². The highest BCUT2D eigenvalue weighted by atomic mass is 32.2. The SMILES string of the molecule is CCn1cc(S(=O)(=O)Nc2c(C)n[nH]c2C)cc1CNC. The van der Waals surface area contributed by atoms with Crippen LogP contribution in [0, 0.1) is 13.8 Å². The van der Waals surface area contributed by atoms with Gasteiger partial charge in [-0.05, 0) is 33.9 Å². The maximum Gasteiger partial charge on any atom is 0.263 e. The van der Waals surface area contributed by atoms with E-state index >= 15 is 0 Å². The molecular formula is C13H21N5O2S. The van der Waals surface area contributed by atoms with Crippen LogP contribution in [0.1, 0.15) is 24.0 Å². The van der Waals surface area contributed by atoms with Crippen LogP contribution < -0.4 is 10.0 Å². The quantitative estimate of drug-likeness (QED) is 0.751. The van der Waals surface area contributed by atoms with Crippen LogP contribution in [-0.4, -0.2) is 30.2 Å². The fourth-order valence-corrected chi connectivity index (χ4v) is 3.44. The average molecular weight is 311 g/mol. The van der Waals surface area contributed by atoms with Gasteiger partial charge >= 0.3 is 0 Å². The van der Waals surface area contributed by atoms with Crippen molar-refractivity contribution >= 4 is 15.7 Å². The molecule has 2 aromatic heterocycles. The third-order valence-electron chi connectivity index (χ3n) is 3.33. The van der Waals surface area contributed by atoms with E-state index in [-0.39, 0.29) is 4.90 Å². The Kier molecular flexibility index (Phi) is 4.38. The predicted octanol–water partition coefficient (Wildman–Crippen LogP) is 1.37. The fourth-order valence-electron chi connectivity index (χ4n) is 2.19. The number of nitrogens with one attached hydrogen (secondary N) is 3. The van der Waals surface area contributed by atoms with Crippen LogP contribution in [0.2, 0.25) is 0 Å². The lowest BCUT2D eigenvalue weighted by Gasteiger charge is -2.06. The number of rotatable bonds is 6. The van der Waals surface area contributed by atoms with E-state index < -0.39 is 10.0 Å². The highest BCUT2D eigenvalue weighted by Gasteiger charge is 2.20. The van der Waals surface area contributed by atoms with E-state index in [4.69, 9.17) is 0 Å². The zero-order valence-electron chi connectivity index (χ0n) is 12.7. The summed E-state index contributed by atoms with van der Waals surface area (Å²) in [7, 11) is -1.79. The van der Waals surface area contributed by atoms with Crippen molar-refractivity contribution in [2.45, 2.75) is 38.8 Å². The van der Waals surface area contributed by atoms with E-state index in [1.807, 2.05) is 18.5 Å². The number of anilines is 1. The molecule has 0 unspecified atom stereocenters.